The number of urea groups is 1. The lowest BCUT2D eigenvalue weighted by atomic mass is 10.2. The van der Waals surface area contributed by atoms with Crippen molar-refractivity contribution in [3.63, 3.8) is 0 Å². The lowest BCUT2D eigenvalue weighted by Crippen LogP contribution is -2.32. The topological polar surface area (TPSA) is 74.2 Å². The Morgan fingerprint density at radius 3 is 2.82 bits per heavy atom. The number of fused-ring (bicyclic) bond motifs is 1. The highest BCUT2D eigenvalue weighted by molar-refractivity contribution is 7.19. The number of nitrogens with zero attached hydrogens (tertiary/aromatic N) is 1. The van der Waals surface area contributed by atoms with Gasteiger partial charge in [0.1, 0.15) is 11.9 Å². The summed E-state index contributed by atoms with van der Waals surface area (Å²) >= 11 is 1.53. The summed E-state index contributed by atoms with van der Waals surface area (Å²) in [5.74, 6) is 0.469. The zero-order valence-electron chi connectivity index (χ0n) is 11.7. The standard InChI is InChI=1S/C16H15N3O2S/c20-12(14-9-11-5-1-2-6-13(11)22-14)10-18-16(21)19-15-7-3-4-8-17-15/h1-9,12,20H,10H2,(H2,17,18,19,21). The monoisotopic (exact) mass is 313 g/mol. The van der Waals surface area contributed by atoms with Crippen LogP contribution in [-0.2, 0) is 0 Å². The predicted octanol–water partition coefficient (Wildman–Crippen LogP) is 3.15. The molecule has 6 heteroatoms. The Hall–Kier alpha value is -2.44. The van der Waals surface area contributed by atoms with Crippen LogP contribution in [0.5, 0.6) is 0 Å². The minimum atomic E-state index is -0.730. The Balaban J connectivity index is 1.57. The number of pyridine rings is 1. The van der Waals surface area contributed by atoms with Gasteiger partial charge in [0, 0.05) is 15.8 Å². The summed E-state index contributed by atoms with van der Waals surface area (Å²) in [5.41, 5.74) is 0. The van der Waals surface area contributed by atoms with E-state index in [1.165, 1.54) is 11.3 Å². The molecular formula is C16H15N3O2S. The molecule has 2 amide bonds. The number of anilines is 1. The summed E-state index contributed by atoms with van der Waals surface area (Å²) in [7, 11) is 0. The molecule has 2 aromatic heterocycles. The molecule has 0 aliphatic heterocycles. The van der Waals surface area contributed by atoms with Gasteiger partial charge in [-0.05, 0) is 29.7 Å². The van der Waals surface area contributed by atoms with Crippen molar-refractivity contribution in [1.82, 2.24) is 10.3 Å². The summed E-state index contributed by atoms with van der Waals surface area (Å²) in [5, 5.41) is 16.5. The molecule has 3 N–H and O–H groups in total. The second-order valence-corrected chi connectivity index (χ2v) is 5.87. The van der Waals surface area contributed by atoms with Crippen molar-refractivity contribution >= 4 is 33.3 Å². The van der Waals surface area contributed by atoms with Gasteiger partial charge < -0.3 is 10.4 Å². The van der Waals surface area contributed by atoms with Gasteiger partial charge in [-0.15, -0.1) is 11.3 Å². The Bertz CT molecular complexity index is 740. The number of aliphatic hydroxyl groups excluding tert-OH is 1. The van der Waals surface area contributed by atoms with E-state index in [0.717, 1.165) is 15.0 Å². The van der Waals surface area contributed by atoms with Gasteiger partial charge in [0.05, 0.1) is 6.54 Å². The fourth-order valence-corrected chi connectivity index (χ4v) is 3.10. The molecule has 0 saturated heterocycles. The average Bonchev–Trinajstić information content (AvgIpc) is 2.98. The maximum absolute atomic E-state index is 11.8. The third kappa shape index (κ3) is 3.41. The molecule has 3 aromatic rings. The van der Waals surface area contributed by atoms with Gasteiger partial charge in [0.25, 0.3) is 0 Å². The first-order chi connectivity index (χ1) is 10.7. The molecule has 0 aliphatic rings. The van der Waals surface area contributed by atoms with Crippen molar-refractivity contribution in [2.24, 2.45) is 0 Å². The van der Waals surface area contributed by atoms with E-state index in [0.29, 0.717) is 5.82 Å². The number of aromatic nitrogens is 1. The Morgan fingerprint density at radius 1 is 1.23 bits per heavy atom. The SMILES string of the molecule is O=C(NCC(O)c1cc2ccccc2s1)Nc1ccccn1. The van der Waals surface area contributed by atoms with Gasteiger partial charge in [-0.2, -0.15) is 0 Å². The number of rotatable bonds is 4. The van der Waals surface area contributed by atoms with Crippen LogP contribution < -0.4 is 10.6 Å². The number of amides is 2. The van der Waals surface area contributed by atoms with E-state index in [1.54, 1.807) is 24.4 Å². The zero-order chi connectivity index (χ0) is 15.4. The van der Waals surface area contributed by atoms with Crippen LogP contribution in [0.3, 0.4) is 0 Å². The number of benzene rings is 1. The van der Waals surface area contributed by atoms with Crippen molar-refractivity contribution < 1.29 is 9.90 Å². The molecular weight excluding hydrogens is 298 g/mol. The number of thiophene rings is 1. The summed E-state index contributed by atoms with van der Waals surface area (Å²) < 4.78 is 1.12. The van der Waals surface area contributed by atoms with Crippen LogP contribution >= 0.6 is 11.3 Å². The molecule has 0 bridgehead atoms. The van der Waals surface area contributed by atoms with Gasteiger partial charge in [-0.3, -0.25) is 5.32 Å². The number of hydrogen-bond donors (Lipinski definition) is 3. The van der Waals surface area contributed by atoms with Gasteiger partial charge >= 0.3 is 6.03 Å². The molecule has 112 valence electrons. The third-order valence-electron chi connectivity index (χ3n) is 3.14. The van der Waals surface area contributed by atoms with Crippen LogP contribution in [0, 0.1) is 0 Å². The molecule has 2 heterocycles. The number of aliphatic hydroxyl groups is 1. The molecule has 1 atom stereocenters. The van der Waals surface area contributed by atoms with Gasteiger partial charge in [-0.25, -0.2) is 9.78 Å². The van der Waals surface area contributed by atoms with E-state index in [4.69, 9.17) is 0 Å². The quantitative estimate of drug-likeness (QED) is 0.692. The summed E-state index contributed by atoms with van der Waals surface area (Å²) in [6, 6.07) is 14.8. The lowest BCUT2D eigenvalue weighted by molar-refractivity contribution is 0.178. The molecule has 3 rings (SSSR count). The van der Waals surface area contributed by atoms with Crippen LogP contribution in [0.2, 0.25) is 0 Å². The molecule has 5 nitrogen and oxygen atoms in total. The van der Waals surface area contributed by atoms with Gasteiger partial charge in [0.15, 0.2) is 0 Å². The third-order valence-corrected chi connectivity index (χ3v) is 4.35. The van der Waals surface area contributed by atoms with E-state index in [2.05, 4.69) is 15.6 Å². The lowest BCUT2D eigenvalue weighted by Gasteiger charge is -2.10. The van der Waals surface area contributed by atoms with Crippen molar-refractivity contribution in [2.45, 2.75) is 6.10 Å². The van der Waals surface area contributed by atoms with Crippen LogP contribution in [0.25, 0.3) is 10.1 Å². The number of nitrogens with one attached hydrogen (secondary N) is 2. The first-order valence-electron chi connectivity index (χ1n) is 6.85. The Morgan fingerprint density at radius 2 is 2.05 bits per heavy atom. The predicted molar refractivity (Wildman–Crippen MR) is 88.0 cm³/mol. The zero-order valence-corrected chi connectivity index (χ0v) is 12.5. The molecule has 0 aliphatic carbocycles. The van der Waals surface area contributed by atoms with Crippen LogP contribution in [-0.4, -0.2) is 22.7 Å². The Kier molecular flexibility index (Phi) is 4.32. The summed E-state index contributed by atoms with van der Waals surface area (Å²) in [6.45, 7) is 0.144. The molecule has 1 aromatic carbocycles. The van der Waals surface area contributed by atoms with Crippen molar-refractivity contribution in [3.05, 3.63) is 59.6 Å². The van der Waals surface area contributed by atoms with Crippen LogP contribution in [0.1, 0.15) is 11.0 Å². The molecule has 0 radical (unpaired) electrons. The number of hydrogen-bond acceptors (Lipinski definition) is 4. The van der Waals surface area contributed by atoms with Crippen molar-refractivity contribution in [1.29, 1.82) is 0 Å². The van der Waals surface area contributed by atoms with Crippen molar-refractivity contribution in [2.75, 3.05) is 11.9 Å². The fraction of sp³-hybridized carbons (Fsp3) is 0.125. The maximum atomic E-state index is 11.8. The smallest absolute Gasteiger partial charge is 0.320 e. The Labute approximate surface area is 131 Å². The molecule has 0 saturated carbocycles. The van der Waals surface area contributed by atoms with E-state index in [1.807, 2.05) is 30.3 Å². The van der Waals surface area contributed by atoms with Crippen LogP contribution in [0.15, 0.2) is 54.7 Å². The minimum Gasteiger partial charge on any atom is -0.386 e. The van der Waals surface area contributed by atoms with E-state index >= 15 is 0 Å². The normalized spacial score (nSPS) is 12.0. The minimum absolute atomic E-state index is 0.144. The number of carbonyl (C=O) groups is 1. The summed E-state index contributed by atoms with van der Waals surface area (Å²) in [4.78, 5) is 16.6. The molecule has 0 fully saturated rings. The largest absolute Gasteiger partial charge is 0.386 e. The first kappa shape index (κ1) is 14.5. The first-order valence-corrected chi connectivity index (χ1v) is 7.66. The average molecular weight is 313 g/mol. The second-order valence-electron chi connectivity index (χ2n) is 4.75. The summed E-state index contributed by atoms with van der Waals surface area (Å²) in [6.07, 6.45) is 0.869. The van der Waals surface area contributed by atoms with E-state index < -0.39 is 6.10 Å². The fourth-order valence-electron chi connectivity index (χ4n) is 2.05. The highest BCUT2D eigenvalue weighted by Crippen LogP contribution is 2.29. The van der Waals surface area contributed by atoms with E-state index in [-0.39, 0.29) is 12.6 Å². The highest BCUT2D eigenvalue weighted by Gasteiger charge is 2.12. The maximum Gasteiger partial charge on any atom is 0.320 e. The number of carbonyl (C=O) groups excluding carboxylic acids is 1. The highest BCUT2D eigenvalue weighted by atomic mass is 32.1. The van der Waals surface area contributed by atoms with E-state index in [9.17, 15) is 9.90 Å². The molecule has 22 heavy (non-hydrogen) atoms. The second kappa shape index (κ2) is 6.55. The molecule has 1 unspecified atom stereocenters. The molecule has 0 spiro atoms. The van der Waals surface area contributed by atoms with Crippen molar-refractivity contribution in [3.8, 4) is 0 Å². The van der Waals surface area contributed by atoms with Gasteiger partial charge in [0.2, 0.25) is 0 Å². The van der Waals surface area contributed by atoms with Crippen LogP contribution in [0.4, 0.5) is 10.6 Å². The van der Waals surface area contributed by atoms with Gasteiger partial charge in [-0.1, -0.05) is 24.3 Å².